The summed E-state index contributed by atoms with van der Waals surface area (Å²) in [5.41, 5.74) is 1.92. The Kier molecular flexibility index (Phi) is 3.97. The molecule has 1 aliphatic heterocycles. The number of aliphatic hydroxyl groups is 1. The van der Waals surface area contributed by atoms with Gasteiger partial charge in [0.05, 0.1) is 22.2 Å². The van der Waals surface area contributed by atoms with Gasteiger partial charge in [0.25, 0.3) is 0 Å². The molecule has 0 amide bonds. The molecule has 1 saturated heterocycles. The van der Waals surface area contributed by atoms with Crippen molar-refractivity contribution in [1.82, 2.24) is 9.88 Å². The SMILES string of the molecule is CN1C[C@H](c2ccccc2Cl)[C@@]23C[C@@H](c4nc5ccccc5cc4C2=O)[C@@]2(O)c4cccc5cccc(c45)[C@@]132. The first kappa shape index (κ1) is 22.3. The zero-order valence-electron chi connectivity index (χ0n) is 21.4. The molecule has 0 radical (unpaired) electrons. The van der Waals surface area contributed by atoms with Crippen molar-refractivity contribution < 1.29 is 9.90 Å². The molecule has 4 aliphatic rings. The molecular formula is C34H25ClN2O2. The van der Waals surface area contributed by atoms with E-state index in [9.17, 15) is 5.11 Å². The minimum absolute atomic E-state index is 0.0713. The Bertz CT molecular complexity index is 1930. The number of aromatic nitrogens is 1. The van der Waals surface area contributed by atoms with E-state index in [1.165, 1.54) is 0 Å². The van der Waals surface area contributed by atoms with Gasteiger partial charge < -0.3 is 5.11 Å². The van der Waals surface area contributed by atoms with Crippen LogP contribution in [0, 0.1) is 5.41 Å². The van der Waals surface area contributed by atoms with Crippen LogP contribution in [0.1, 0.15) is 51.0 Å². The molecule has 4 nitrogen and oxygen atoms in total. The maximum atomic E-state index is 15.3. The Morgan fingerprint density at radius 3 is 2.44 bits per heavy atom. The van der Waals surface area contributed by atoms with Crippen molar-refractivity contribution in [3.63, 3.8) is 0 Å². The first-order valence-electron chi connectivity index (χ1n) is 13.6. The fourth-order valence-corrected chi connectivity index (χ4v) is 9.71. The largest absolute Gasteiger partial charge is 0.382 e. The number of Topliss-reactive ketones (excluding diaryl/α,β-unsaturated/α-hetero) is 1. The van der Waals surface area contributed by atoms with Crippen LogP contribution in [0.15, 0.2) is 91.0 Å². The van der Waals surface area contributed by atoms with Crippen LogP contribution in [0.3, 0.4) is 0 Å². The topological polar surface area (TPSA) is 53.4 Å². The molecule has 1 saturated carbocycles. The van der Waals surface area contributed by atoms with Crippen LogP contribution in [-0.4, -0.2) is 34.4 Å². The summed E-state index contributed by atoms with van der Waals surface area (Å²) < 4.78 is 0. The summed E-state index contributed by atoms with van der Waals surface area (Å²) in [5.74, 6) is -0.466. The zero-order chi connectivity index (χ0) is 26.3. The number of benzene rings is 4. The molecule has 190 valence electrons. The lowest BCUT2D eigenvalue weighted by molar-refractivity contribution is -0.104. The van der Waals surface area contributed by atoms with Gasteiger partial charge in [-0.15, -0.1) is 0 Å². The van der Waals surface area contributed by atoms with Crippen molar-refractivity contribution in [3.05, 3.63) is 124 Å². The van der Waals surface area contributed by atoms with Gasteiger partial charge >= 0.3 is 0 Å². The van der Waals surface area contributed by atoms with Gasteiger partial charge in [0.2, 0.25) is 0 Å². The minimum Gasteiger partial charge on any atom is -0.382 e. The van der Waals surface area contributed by atoms with Gasteiger partial charge in [-0.2, -0.15) is 0 Å². The lowest BCUT2D eigenvalue weighted by Crippen LogP contribution is -2.58. The van der Waals surface area contributed by atoms with Crippen LogP contribution in [0.5, 0.6) is 0 Å². The lowest BCUT2D eigenvalue weighted by atomic mass is 9.57. The summed E-state index contributed by atoms with van der Waals surface area (Å²) in [6.45, 7) is 0.616. The quantitative estimate of drug-likeness (QED) is 0.268. The molecule has 2 spiro atoms. The van der Waals surface area contributed by atoms with Crippen LogP contribution in [0.2, 0.25) is 5.02 Å². The van der Waals surface area contributed by atoms with E-state index in [4.69, 9.17) is 16.6 Å². The van der Waals surface area contributed by atoms with Crippen LogP contribution in [0.4, 0.5) is 0 Å². The Labute approximate surface area is 230 Å². The number of halogens is 1. The molecule has 2 bridgehead atoms. The summed E-state index contributed by atoms with van der Waals surface area (Å²) in [6.07, 6.45) is 0.519. The number of rotatable bonds is 1. The van der Waals surface area contributed by atoms with Crippen molar-refractivity contribution in [3.8, 4) is 0 Å². The van der Waals surface area contributed by atoms with E-state index < -0.39 is 16.6 Å². The molecule has 39 heavy (non-hydrogen) atoms. The van der Waals surface area contributed by atoms with Crippen LogP contribution in [-0.2, 0) is 11.1 Å². The van der Waals surface area contributed by atoms with Crippen molar-refractivity contribution in [2.75, 3.05) is 13.6 Å². The van der Waals surface area contributed by atoms with E-state index in [0.29, 0.717) is 23.6 Å². The predicted molar refractivity (Wildman–Crippen MR) is 152 cm³/mol. The number of pyridine rings is 1. The number of likely N-dealkylation sites (tertiary alicyclic amines) is 1. The summed E-state index contributed by atoms with van der Waals surface area (Å²) >= 11 is 6.88. The molecule has 2 heterocycles. The van der Waals surface area contributed by atoms with Gasteiger partial charge in [-0.1, -0.05) is 84.4 Å². The fourth-order valence-electron chi connectivity index (χ4n) is 9.45. The third kappa shape index (κ3) is 2.16. The average Bonchev–Trinajstić information content (AvgIpc) is 3.45. The number of para-hydroxylation sites is 1. The number of nitrogens with zero attached hydrogens (tertiary/aromatic N) is 2. The van der Waals surface area contributed by atoms with Gasteiger partial charge in [-0.05, 0) is 59.1 Å². The van der Waals surface area contributed by atoms with E-state index in [1.807, 2.05) is 54.6 Å². The number of hydrogen-bond donors (Lipinski definition) is 1. The molecule has 0 unspecified atom stereocenters. The lowest BCUT2D eigenvalue weighted by Gasteiger charge is -2.48. The standard InChI is InChI=1S/C34H25ClN2O2/c1-37-18-26(21-11-3-4-14-27(21)35)32-17-25(30-22(31(32)38)16-20-8-2-5-15-28(20)36-30)33(39)23-12-6-9-19-10-7-13-24(29(19)23)34(32,33)37/h2-16,25-26,39H,17-18H2,1H3/t25-,26+,32-,33-,34+/m0/s1. The van der Waals surface area contributed by atoms with Gasteiger partial charge in [-0.3, -0.25) is 14.7 Å². The molecule has 5 heteroatoms. The molecule has 5 atom stereocenters. The van der Waals surface area contributed by atoms with E-state index in [-0.39, 0.29) is 17.6 Å². The Hall–Kier alpha value is -3.57. The fraction of sp³-hybridized carbons (Fsp3) is 0.235. The molecule has 1 N–H and O–H groups in total. The third-order valence-electron chi connectivity index (χ3n) is 10.6. The van der Waals surface area contributed by atoms with E-state index in [2.05, 4.69) is 48.3 Å². The smallest absolute Gasteiger partial charge is 0.173 e. The highest BCUT2D eigenvalue weighted by Crippen LogP contribution is 2.81. The normalized spacial score (nSPS) is 32.0. The highest BCUT2D eigenvalue weighted by molar-refractivity contribution is 6.31. The Balaban J connectivity index is 1.47. The monoisotopic (exact) mass is 528 g/mol. The van der Waals surface area contributed by atoms with Gasteiger partial charge in [0, 0.05) is 34.4 Å². The van der Waals surface area contributed by atoms with Crippen LogP contribution >= 0.6 is 11.6 Å². The second-order valence-corrected chi connectivity index (χ2v) is 12.2. The summed E-state index contributed by atoms with van der Waals surface area (Å²) in [4.78, 5) is 22.7. The first-order chi connectivity index (χ1) is 18.9. The van der Waals surface area contributed by atoms with Gasteiger partial charge in [0.15, 0.2) is 5.78 Å². The number of carbonyl (C=O) groups is 1. The van der Waals surface area contributed by atoms with Crippen LogP contribution < -0.4 is 0 Å². The van der Waals surface area contributed by atoms with Crippen molar-refractivity contribution in [2.45, 2.75) is 29.4 Å². The second kappa shape index (κ2) is 6.95. The first-order valence-corrected chi connectivity index (χ1v) is 14.0. The molecule has 4 aromatic carbocycles. The number of ketones is 1. The third-order valence-corrected chi connectivity index (χ3v) is 10.9. The van der Waals surface area contributed by atoms with E-state index in [0.717, 1.165) is 44.1 Å². The molecular weight excluding hydrogens is 504 g/mol. The summed E-state index contributed by atoms with van der Waals surface area (Å²) in [7, 11) is 2.08. The average molecular weight is 529 g/mol. The molecule has 9 rings (SSSR count). The maximum Gasteiger partial charge on any atom is 0.173 e. The minimum atomic E-state index is -1.34. The van der Waals surface area contributed by atoms with Crippen molar-refractivity contribution in [2.24, 2.45) is 5.41 Å². The molecule has 1 aromatic heterocycles. The number of carbonyl (C=O) groups excluding carboxylic acids is 1. The summed E-state index contributed by atoms with van der Waals surface area (Å²) in [6, 6.07) is 30.4. The Morgan fingerprint density at radius 2 is 1.62 bits per heavy atom. The van der Waals surface area contributed by atoms with E-state index in [1.54, 1.807) is 0 Å². The predicted octanol–water partition coefficient (Wildman–Crippen LogP) is 6.54. The van der Waals surface area contributed by atoms with Gasteiger partial charge in [-0.25, -0.2) is 0 Å². The zero-order valence-corrected chi connectivity index (χ0v) is 22.1. The number of likely N-dealkylation sites (N-methyl/N-ethyl adjacent to an activating group) is 1. The second-order valence-electron chi connectivity index (χ2n) is 11.8. The number of fused-ring (bicyclic) bond motifs is 6. The highest BCUT2D eigenvalue weighted by atomic mass is 35.5. The van der Waals surface area contributed by atoms with Crippen LogP contribution in [0.25, 0.3) is 21.7 Å². The van der Waals surface area contributed by atoms with E-state index >= 15 is 4.79 Å². The summed E-state index contributed by atoms with van der Waals surface area (Å²) in [5, 5.41) is 17.2. The highest BCUT2D eigenvalue weighted by Gasteiger charge is 2.85. The molecule has 2 fully saturated rings. The number of hydrogen-bond acceptors (Lipinski definition) is 4. The Morgan fingerprint density at radius 1 is 0.897 bits per heavy atom. The van der Waals surface area contributed by atoms with Crippen molar-refractivity contribution >= 4 is 39.1 Å². The molecule has 5 aromatic rings. The molecule has 3 aliphatic carbocycles. The maximum absolute atomic E-state index is 15.3. The van der Waals surface area contributed by atoms with Crippen molar-refractivity contribution in [1.29, 1.82) is 0 Å². The van der Waals surface area contributed by atoms with Gasteiger partial charge in [0.1, 0.15) is 5.60 Å².